The van der Waals surface area contributed by atoms with E-state index in [0.29, 0.717) is 19.4 Å². The number of unbranched alkanes of at least 4 members (excludes halogenated alkanes) is 55. The minimum Gasteiger partial charge on any atom is -0.466 e. The summed E-state index contributed by atoms with van der Waals surface area (Å²) in [4.78, 5) is 24.6. The Kier molecular flexibility index (Phi) is 69.9. The Morgan fingerprint density at radius 2 is 0.634 bits per heavy atom. The molecule has 0 spiro atoms. The number of carbonyl (C=O) groups is 2. The molecule has 0 saturated carbocycles. The van der Waals surface area contributed by atoms with Crippen molar-refractivity contribution in [3.63, 3.8) is 0 Å². The third-order valence-corrected chi connectivity index (χ3v) is 17.4. The number of allylic oxidation sites excluding steroid dienone is 5. The van der Waals surface area contributed by atoms with Gasteiger partial charge in [0.05, 0.1) is 25.4 Å². The second-order valence-corrected chi connectivity index (χ2v) is 25.6. The van der Waals surface area contributed by atoms with Gasteiger partial charge in [-0.25, -0.2) is 0 Å². The van der Waals surface area contributed by atoms with Crippen molar-refractivity contribution < 1.29 is 24.5 Å². The Morgan fingerprint density at radius 1 is 0.341 bits per heavy atom. The molecule has 0 saturated heterocycles. The van der Waals surface area contributed by atoms with Crippen LogP contribution in [0.3, 0.4) is 0 Å². The number of nitrogens with one attached hydrogen (secondary N) is 1. The molecule has 2 unspecified atom stereocenters. The number of amides is 1. The number of aliphatic hydroxyl groups excluding tert-OH is 2. The maximum Gasteiger partial charge on any atom is 0.305 e. The normalized spacial score (nSPS) is 12.7. The molecule has 0 fully saturated rings. The van der Waals surface area contributed by atoms with Gasteiger partial charge in [-0.15, -0.1) is 0 Å². The van der Waals surface area contributed by atoms with Crippen LogP contribution in [-0.2, 0) is 14.3 Å². The summed E-state index contributed by atoms with van der Waals surface area (Å²) in [6.45, 7) is 4.88. The van der Waals surface area contributed by atoms with E-state index in [1.165, 1.54) is 334 Å². The molecule has 0 aliphatic rings. The smallest absolute Gasteiger partial charge is 0.305 e. The van der Waals surface area contributed by atoms with Gasteiger partial charge in [-0.1, -0.05) is 378 Å². The molecule has 0 aliphatic heterocycles. The molecule has 0 heterocycles. The molecule has 484 valence electrons. The van der Waals surface area contributed by atoms with Crippen LogP contribution in [0.25, 0.3) is 0 Å². The number of carbonyl (C=O) groups excluding carboxylic acids is 2. The molecule has 6 heteroatoms. The monoisotopic (exact) mass is 1150 g/mol. The highest BCUT2D eigenvalue weighted by Crippen LogP contribution is 2.19. The van der Waals surface area contributed by atoms with Crippen LogP contribution in [0.2, 0.25) is 0 Å². The number of aliphatic hydroxyl groups is 2. The molecule has 0 aromatic rings. The van der Waals surface area contributed by atoms with Crippen LogP contribution in [0, 0.1) is 0 Å². The van der Waals surface area contributed by atoms with Gasteiger partial charge >= 0.3 is 5.97 Å². The molecule has 3 N–H and O–H groups in total. The Bertz CT molecular complexity index is 1330. The van der Waals surface area contributed by atoms with Crippen LogP contribution >= 0.6 is 0 Å². The molecule has 1 amide bonds. The van der Waals surface area contributed by atoms with Crippen molar-refractivity contribution in [1.29, 1.82) is 0 Å². The van der Waals surface area contributed by atoms with Crippen molar-refractivity contribution in [3.8, 4) is 0 Å². The summed E-state index contributed by atoms with van der Waals surface area (Å²) >= 11 is 0. The van der Waals surface area contributed by atoms with Crippen molar-refractivity contribution in [2.75, 3.05) is 13.2 Å². The van der Waals surface area contributed by atoms with Gasteiger partial charge in [-0.2, -0.15) is 0 Å². The minimum absolute atomic E-state index is 0.00485. The van der Waals surface area contributed by atoms with Crippen molar-refractivity contribution in [1.82, 2.24) is 5.32 Å². The summed E-state index contributed by atoms with van der Waals surface area (Å²) in [6.07, 6.45) is 92.5. The Labute approximate surface area is 513 Å². The van der Waals surface area contributed by atoms with Gasteiger partial charge in [0.25, 0.3) is 0 Å². The summed E-state index contributed by atoms with van der Waals surface area (Å²) in [5.41, 5.74) is 0. The van der Waals surface area contributed by atoms with Gasteiger partial charge in [-0.3, -0.25) is 9.59 Å². The van der Waals surface area contributed by atoms with E-state index in [-0.39, 0.29) is 18.5 Å². The molecule has 0 aliphatic carbocycles. The lowest BCUT2D eigenvalue weighted by molar-refractivity contribution is -0.143. The van der Waals surface area contributed by atoms with E-state index >= 15 is 0 Å². The first-order valence-corrected chi connectivity index (χ1v) is 37.3. The lowest BCUT2D eigenvalue weighted by atomic mass is 10.0. The lowest BCUT2D eigenvalue weighted by Gasteiger charge is -2.20. The number of rotatable bonds is 70. The van der Waals surface area contributed by atoms with Crippen LogP contribution in [0.15, 0.2) is 36.5 Å². The number of hydrogen-bond acceptors (Lipinski definition) is 5. The predicted octanol–water partition coefficient (Wildman–Crippen LogP) is 24.3. The third-order valence-electron chi connectivity index (χ3n) is 17.4. The summed E-state index contributed by atoms with van der Waals surface area (Å²) in [5, 5.41) is 23.3. The van der Waals surface area contributed by atoms with E-state index in [1.807, 2.05) is 6.08 Å². The van der Waals surface area contributed by atoms with Crippen molar-refractivity contribution in [3.05, 3.63) is 36.5 Å². The molecule has 0 bridgehead atoms. The zero-order chi connectivity index (χ0) is 59.2. The molecule has 6 nitrogen and oxygen atoms in total. The van der Waals surface area contributed by atoms with E-state index in [2.05, 4.69) is 43.5 Å². The van der Waals surface area contributed by atoms with Gasteiger partial charge in [0.2, 0.25) is 5.91 Å². The molecule has 2 atom stereocenters. The maximum atomic E-state index is 12.5. The first-order valence-electron chi connectivity index (χ1n) is 37.3. The van der Waals surface area contributed by atoms with Gasteiger partial charge in [0.1, 0.15) is 0 Å². The first kappa shape index (κ1) is 80.1. The minimum atomic E-state index is -0.843. The van der Waals surface area contributed by atoms with Gasteiger partial charge in [0.15, 0.2) is 0 Å². The molecule has 82 heavy (non-hydrogen) atoms. The highest BCUT2D eigenvalue weighted by Gasteiger charge is 2.18. The summed E-state index contributed by atoms with van der Waals surface area (Å²) in [5.74, 6) is -0.0550. The Balaban J connectivity index is 3.37. The Hall–Kier alpha value is -1.92. The standard InChI is InChI=1S/C76H145NO5/c1-3-5-7-9-11-13-15-17-18-19-20-21-32-35-38-41-45-48-52-56-60-64-68-74(79)73(72-78)77-75(80)69-65-61-57-53-49-46-42-39-36-33-30-28-26-24-22-23-25-27-29-31-34-37-40-43-47-51-55-59-63-67-71-82-76(81)70-66-62-58-54-50-44-16-14-12-10-8-6-4-2/h8,10,14,16,64,68,73-74,78-79H,3-7,9,11-13,15,17-63,65-67,69-72H2,1-2H3,(H,77,80)/b10-8-,16-14-,68-64+. The van der Waals surface area contributed by atoms with Crippen molar-refractivity contribution in [2.45, 2.75) is 424 Å². The number of esters is 1. The predicted molar refractivity (Wildman–Crippen MR) is 361 cm³/mol. The fourth-order valence-corrected chi connectivity index (χ4v) is 11.7. The highest BCUT2D eigenvalue weighted by atomic mass is 16.5. The second kappa shape index (κ2) is 71.6. The number of hydrogen-bond donors (Lipinski definition) is 3. The van der Waals surface area contributed by atoms with Crippen LogP contribution < -0.4 is 5.32 Å². The van der Waals surface area contributed by atoms with Gasteiger partial charge < -0.3 is 20.3 Å². The average Bonchev–Trinajstić information content (AvgIpc) is 3.48. The molecular weight excluding hydrogens is 1010 g/mol. The zero-order valence-corrected chi connectivity index (χ0v) is 55.5. The summed E-state index contributed by atoms with van der Waals surface area (Å²) in [6, 6.07) is -0.626. The summed E-state index contributed by atoms with van der Waals surface area (Å²) in [7, 11) is 0. The molecule has 0 aromatic carbocycles. The fourth-order valence-electron chi connectivity index (χ4n) is 11.7. The Morgan fingerprint density at radius 3 is 0.976 bits per heavy atom. The van der Waals surface area contributed by atoms with E-state index < -0.39 is 12.1 Å². The third kappa shape index (κ3) is 67.2. The average molecular weight is 1150 g/mol. The largest absolute Gasteiger partial charge is 0.466 e. The number of ether oxygens (including phenoxy) is 1. The quantitative estimate of drug-likeness (QED) is 0.0320. The van der Waals surface area contributed by atoms with Gasteiger partial charge in [-0.05, 0) is 57.8 Å². The molecular formula is C76H145NO5. The molecule has 0 radical (unpaired) electrons. The zero-order valence-electron chi connectivity index (χ0n) is 55.5. The van der Waals surface area contributed by atoms with Crippen LogP contribution in [-0.4, -0.2) is 47.4 Å². The second-order valence-electron chi connectivity index (χ2n) is 25.6. The van der Waals surface area contributed by atoms with E-state index in [4.69, 9.17) is 4.74 Å². The van der Waals surface area contributed by atoms with Gasteiger partial charge in [0, 0.05) is 12.8 Å². The highest BCUT2D eigenvalue weighted by molar-refractivity contribution is 5.76. The topological polar surface area (TPSA) is 95.9 Å². The molecule has 0 aromatic heterocycles. The van der Waals surface area contributed by atoms with E-state index in [0.717, 1.165) is 51.4 Å². The van der Waals surface area contributed by atoms with Crippen LogP contribution in [0.5, 0.6) is 0 Å². The SMILES string of the molecule is CCC/C=C\C/C=C\CCCCCCCC(=O)OCCCCCCCCCCCCCCCCCCCCCCCCCCCCCCCCC(=O)NC(CO)C(O)/C=C/CCCCCCCCCCCCCCCCCCCCCC. The fraction of sp³-hybridized carbons (Fsp3) is 0.895. The first-order chi connectivity index (χ1) is 40.5. The van der Waals surface area contributed by atoms with Crippen molar-refractivity contribution >= 4 is 11.9 Å². The summed E-state index contributed by atoms with van der Waals surface area (Å²) < 4.78 is 5.48. The van der Waals surface area contributed by atoms with Crippen LogP contribution in [0.1, 0.15) is 412 Å². The van der Waals surface area contributed by atoms with E-state index in [9.17, 15) is 19.8 Å². The van der Waals surface area contributed by atoms with E-state index in [1.54, 1.807) is 6.08 Å². The van der Waals surface area contributed by atoms with Crippen molar-refractivity contribution in [2.24, 2.45) is 0 Å². The maximum absolute atomic E-state index is 12.5. The van der Waals surface area contributed by atoms with Crippen LogP contribution in [0.4, 0.5) is 0 Å². The molecule has 0 rings (SSSR count). The lowest BCUT2D eigenvalue weighted by Crippen LogP contribution is -2.45.